The van der Waals surface area contributed by atoms with Crippen molar-refractivity contribution in [3.05, 3.63) is 48.3 Å². The third-order valence-electron chi connectivity index (χ3n) is 4.84. The van der Waals surface area contributed by atoms with Crippen molar-refractivity contribution in [2.45, 2.75) is 6.92 Å². The zero-order chi connectivity index (χ0) is 18.4. The van der Waals surface area contributed by atoms with Crippen LogP contribution in [-0.2, 0) is 0 Å². The predicted molar refractivity (Wildman–Crippen MR) is 101 cm³/mol. The fraction of sp³-hybridized carbons (Fsp3) is 0.190. The number of aryl methyl sites for hydroxylation is 1. The van der Waals surface area contributed by atoms with E-state index in [0.29, 0.717) is 17.2 Å². The molecule has 0 fully saturated rings. The van der Waals surface area contributed by atoms with E-state index in [0.717, 1.165) is 32.6 Å². The monoisotopic (exact) mass is 350 g/mol. The van der Waals surface area contributed by atoms with Crippen molar-refractivity contribution < 1.29 is 23.7 Å². The molecule has 26 heavy (non-hydrogen) atoms. The van der Waals surface area contributed by atoms with Gasteiger partial charge in [-0.05, 0) is 36.1 Å². The first-order chi connectivity index (χ1) is 12.6. The van der Waals surface area contributed by atoms with E-state index in [-0.39, 0.29) is 5.75 Å². The second kappa shape index (κ2) is 5.95. The highest BCUT2D eigenvalue weighted by atomic mass is 16.5. The second-order valence-electron chi connectivity index (χ2n) is 6.25. The summed E-state index contributed by atoms with van der Waals surface area (Å²) in [5, 5.41) is 14.3. The van der Waals surface area contributed by atoms with Gasteiger partial charge in [0, 0.05) is 17.5 Å². The molecule has 0 saturated heterocycles. The SMILES string of the molecule is COc1cc2cc[n+]3cc4c(O)c(OC)cc(C)c4cc3c2cc1OC. The highest BCUT2D eigenvalue weighted by molar-refractivity contribution is 6.01. The fourth-order valence-electron chi connectivity index (χ4n) is 3.47. The molecular formula is C21H20NO4+. The predicted octanol–water partition coefficient (Wildman–Crippen LogP) is 3.77. The largest absolute Gasteiger partial charge is 0.504 e. The van der Waals surface area contributed by atoms with Crippen LogP contribution in [0.3, 0.4) is 0 Å². The number of methoxy groups -OCH3 is 3. The van der Waals surface area contributed by atoms with E-state index in [2.05, 4.69) is 6.07 Å². The van der Waals surface area contributed by atoms with Crippen LogP contribution < -0.4 is 18.6 Å². The van der Waals surface area contributed by atoms with Gasteiger partial charge in [0.2, 0.25) is 5.52 Å². The smallest absolute Gasteiger partial charge is 0.219 e. The summed E-state index contributed by atoms with van der Waals surface area (Å²) in [5.41, 5.74) is 2.05. The van der Waals surface area contributed by atoms with Gasteiger partial charge in [-0.3, -0.25) is 0 Å². The molecule has 4 rings (SSSR count). The van der Waals surface area contributed by atoms with Crippen LogP contribution in [0.5, 0.6) is 23.0 Å². The Labute approximate surface area is 151 Å². The van der Waals surface area contributed by atoms with Crippen LogP contribution >= 0.6 is 0 Å². The van der Waals surface area contributed by atoms with E-state index < -0.39 is 0 Å². The fourth-order valence-corrected chi connectivity index (χ4v) is 3.47. The molecule has 0 bridgehead atoms. The van der Waals surface area contributed by atoms with Gasteiger partial charge in [-0.2, -0.15) is 4.40 Å². The van der Waals surface area contributed by atoms with E-state index in [1.165, 1.54) is 0 Å². The maximum atomic E-state index is 10.5. The molecule has 0 radical (unpaired) electrons. The Bertz CT molecular complexity index is 1170. The van der Waals surface area contributed by atoms with Crippen molar-refractivity contribution in [2.75, 3.05) is 21.3 Å². The quantitative estimate of drug-likeness (QED) is 0.347. The molecule has 0 aliphatic rings. The average molecular weight is 350 g/mol. The van der Waals surface area contributed by atoms with Crippen LogP contribution in [0.25, 0.3) is 27.1 Å². The number of nitrogens with zero attached hydrogens (tertiary/aromatic N) is 1. The number of pyridine rings is 2. The molecule has 5 heteroatoms. The first-order valence-electron chi connectivity index (χ1n) is 8.27. The minimum Gasteiger partial charge on any atom is -0.504 e. The van der Waals surface area contributed by atoms with E-state index in [9.17, 15) is 5.11 Å². The van der Waals surface area contributed by atoms with E-state index >= 15 is 0 Å². The standard InChI is InChI=1S/C21H19NO4/c1-12-7-20(26-4)21(23)16-11-22-6-5-13-8-18(24-2)19(25-3)10-15(13)17(22)9-14(12)16/h5-11H,1-4H3/p+1. The number of aromatic hydroxyl groups is 1. The summed E-state index contributed by atoms with van der Waals surface area (Å²) in [7, 11) is 4.82. The molecule has 0 aliphatic heterocycles. The molecule has 0 aliphatic carbocycles. The number of benzene rings is 2. The third kappa shape index (κ3) is 2.28. The summed E-state index contributed by atoms with van der Waals surface area (Å²) in [6, 6.07) is 9.89. The van der Waals surface area contributed by atoms with Gasteiger partial charge >= 0.3 is 0 Å². The maximum absolute atomic E-state index is 10.5. The molecule has 0 spiro atoms. The number of fused-ring (bicyclic) bond motifs is 4. The highest BCUT2D eigenvalue weighted by Gasteiger charge is 2.18. The number of hydrogen-bond acceptors (Lipinski definition) is 4. The van der Waals surface area contributed by atoms with Gasteiger partial charge in [-0.1, -0.05) is 0 Å². The molecule has 132 valence electrons. The third-order valence-corrected chi connectivity index (χ3v) is 4.84. The minimum absolute atomic E-state index is 0.148. The van der Waals surface area contributed by atoms with Crippen molar-refractivity contribution in [2.24, 2.45) is 0 Å². The number of phenols is 1. The Morgan fingerprint density at radius 2 is 1.50 bits per heavy atom. The number of rotatable bonds is 3. The van der Waals surface area contributed by atoms with Gasteiger partial charge < -0.3 is 19.3 Å². The molecule has 5 nitrogen and oxygen atoms in total. The molecule has 2 aromatic carbocycles. The summed E-state index contributed by atoms with van der Waals surface area (Å²) >= 11 is 0. The summed E-state index contributed by atoms with van der Waals surface area (Å²) in [5.74, 6) is 2.00. The second-order valence-corrected chi connectivity index (χ2v) is 6.25. The molecule has 2 heterocycles. The Morgan fingerprint density at radius 3 is 2.19 bits per heavy atom. The molecular weight excluding hydrogens is 330 g/mol. The minimum atomic E-state index is 0.148. The first-order valence-corrected chi connectivity index (χ1v) is 8.27. The van der Waals surface area contributed by atoms with Gasteiger partial charge in [-0.25, -0.2) is 0 Å². The Kier molecular flexibility index (Phi) is 3.72. The van der Waals surface area contributed by atoms with Crippen LogP contribution in [0, 0.1) is 6.92 Å². The molecule has 1 N–H and O–H groups in total. The van der Waals surface area contributed by atoms with Gasteiger partial charge in [0.1, 0.15) is 0 Å². The van der Waals surface area contributed by atoms with Crippen molar-refractivity contribution in [3.63, 3.8) is 0 Å². The Balaban J connectivity index is 2.14. The maximum Gasteiger partial charge on any atom is 0.219 e. The summed E-state index contributed by atoms with van der Waals surface area (Å²) < 4.78 is 18.1. The van der Waals surface area contributed by atoms with Crippen LogP contribution in [-0.4, -0.2) is 26.4 Å². The number of hydrogen-bond donors (Lipinski definition) is 1. The lowest BCUT2D eigenvalue weighted by Crippen LogP contribution is -2.20. The van der Waals surface area contributed by atoms with Crippen molar-refractivity contribution in [3.8, 4) is 23.0 Å². The Morgan fingerprint density at radius 1 is 0.808 bits per heavy atom. The summed E-state index contributed by atoms with van der Waals surface area (Å²) in [6.07, 6.45) is 3.89. The normalized spacial score (nSPS) is 11.2. The summed E-state index contributed by atoms with van der Waals surface area (Å²) in [4.78, 5) is 0. The molecule has 2 aromatic heterocycles. The van der Waals surface area contributed by atoms with Gasteiger partial charge in [0.15, 0.2) is 35.4 Å². The van der Waals surface area contributed by atoms with E-state index in [4.69, 9.17) is 14.2 Å². The van der Waals surface area contributed by atoms with E-state index in [1.807, 2.05) is 48.0 Å². The van der Waals surface area contributed by atoms with Crippen LogP contribution in [0.15, 0.2) is 42.7 Å². The highest BCUT2D eigenvalue weighted by Crippen LogP contribution is 2.38. The van der Waals surface area contributed by atoms with Crippen molar-refractivity contribution in [1.29, 1.82) is 0 Å². The van der Waals surface area contributed by atoms with Crippen molar-refractivity contribution in [1.82, 2.24) is 0 Å². The molecule has 4 aromatic rings. The van der Waals surface area contributed by atoms with E-state index in [1.54, 1.807) is 21.3 Å². The van der Waals surface area contributed by atoms with Crippen LogP contribution in [0.2, 0.25) is 0 Å². The molecule has 0 saturated carbocycles. The lowest BCUT2D eigenvalue weighted by Gasteiger charge is -2.11. The first kappa shape index (κ1) is 16.3. The van der Waals surface area contributed by atoms with Crippen molar-refractivity contribution >= 4 is 27.1 Å². The van der Waals surface area contributed by atoms with Gasteiger partial charge in [0.25, 0.3) is 0 Å². The molecule has 0 amide bonds. The number of aromatic nitrogens is 1. The summed E-state index contributed by atoms with van der Waals surface area (Å²) in [6.45, 7) is 2.01. The van der Waals surface area contributed by atoms with Crippen LogP contribution in [0.1, 0.15) is 5.56 Å². The molecule has 0 atom stereocenters. The number of ether oxygens (including phenoxy) is 3. The lowest BCUT2D eigenvalue weighted by atomic mass is 10.0. The average Bonchev–Trinajstić information content (AvgIpc) is 2.68. The topological polar surface area (TPSA) is 52.0 Å². The molecule has 0 unspecified atom stereocenters. The Hall–Kier alpha value is -3.21. The zero-order valence-electron chi connectivity index (χ0n) is 15.2. The van der Waals surface area contributed by atoms with Gasteiger partial charge in [0.05, 0.1) is 32.1 Å². The zero-order valence-corrected chi connectivity index (χ0v) is 15.2. The number of phenolic OH excluding ortho intramolecular Hbond substituents is 1. The van der Waals surface area contributed by atoms with Crippen LogP contribution in [0.4, 0.5) is 0 Å². The lowest BCUT2D eigenvalue weighted by molar-refractivity contribution is -0.509. The van der Waals surface area contributed by atoms with Gasteiger partial charge in [-0.15, -0.1) is 0 Å².